The van der Waals surface area contributed by atoms with Gasteiger partial charge < -0.3 is 9.84 Å². The maximum Gasteiger partial charge on any atom is 0.120 e. The van der Waals surface area contributed by atoms with E-state index in [4.69, 9.17) is 15.1 Å². The predicted octanol–water partition coefficient (Wildman–Crippen LogP) is 2.29. The topological polar surface area (TPSA) is 53.2 Å². The molecule has 0 bridgehead atoms. The molecule has 0 radical (unpaired) electrons. The molecule has 1 aromatic rings. The molecule has 0 unspecified atom stereocenters. The van der Waals surface area contributed by atoms with Gasteiger partial charge in [-0.15, -0.1) is 0 Å². The smallest absolute Gasteiger partial charge is 0.120 e. The number of nitriles is 1. The molecule has 0 aliphatic heterocycles. The Morgan fingerprint density at radius 3 is 2.81 bits per heavy atom. The van der Waals surface area contributed by atoms with Crippen LogP contribution >= 0.6 is 0 Å². The Kier molecular flexibility index (Phi) is 4.33. The Bertz CT molecular complexity index is 380. The second-order valence-electron chi connectivity index (χ2n) is 4.32. The van der Waals surface area contributed by atoms with E-state index in [2.05, 4.69) is 6.07 Å². The Balaban J connectivity index is 2.74. The first kappa shape index (κ1) is 12.5. The van der Waals surface area contributed by atoms with Crippen molar-refractivity contribution < 1.29 is 9.84 Å². The molecule has 16 heavy (non-hydrogen) atoms. The summed E-state index contributed by atoms with van der Waals surface area (Å²) < 4.78 is 5.76. The average molecular weight is 219 g/mol. The van der Waals surface area contributed by atoms with Gasteiger partial charge in [0.15, 0.2) is 0 Å². The van der Waals surface area contributed by atoms with Gasteiger partial charge in [0.2, 0.25) is 0 Å². The minimum atomic E-state index is -0.389. The molecule has 1 N–H and O–H groups in total. The van der Waals surface area contributed by atoms with Crippen LogP contribution in [0.2, 0.25) is 0 Å². The fraction of sp³-hybridized carbons (Fsp3) is 0.462. The van der Waals surface area contributed by atoms with E-state index in [0.717, 1.165) is 11.3 Å². The molecule has 0 heterocycles. The second kappa shape index (κ2) is 5.53. The van der Waals surface area contributed by atoms with Gasteiger partial charge in [-0.25, -0.2) is 0 Å². The van der Waals surface area contributed by atoms with Gasteiger partial charge in [0.1, 0.15) is 11.4 Å². The normalized spacial score (nSPS) is 10.9. The third-order valence-electron chi connectivity index (χ3n) is 2.29. The highest BCUT2D eigenvalue weighted by molar-refractivity contribution is 5.30. The molecule has 0 aliphatic rings. The first-order valence-electron chi connectivity index (χ1n) is 5.33. The highest BCUT2D eigenvalue weighted by Gasteiger charge is 2.18. The average Bonchev–Trinajstić information content (AvgIpc) is 2.17. The van der Waals surface area contributed by atoms with Gasteiger partial charge in [0, 0.05) is 13.0 Å². The van der Waals surface area contributed by atoms with Crippen LogP contribution in [-0.2, 0) is 6.42 Å². The molecule has 0 amide bonds. The molecule has 86 valence electrons. The van der Waals surface area contributed by atoms with Crippen LogP contribution in [0.1, 0.15) is 25.8 Å². The molecule has 0 fully saturated rings. The van der Waals surface area contributed by atoms with Crippen LogP contribution in [0.5, 0.6) is 5.75 Å². The molecule has 0 saturated carbocycles. The van der Waals surface area contributed by atoms with Crippen LogP contribution in [0.15, 0.2) is 24.3 Å². The molecule has 1 rings (SSSR count). The third kappa shape index (κ3) is 3.92. The van der Waals surface area contributed by atoms with Crippen LogP contribution in [0, 0.1) is 11.3 Å². The predicted molar refractivity (Wildman–Crippen MR) is 62.2 cm³/mol. The molecule has 3 heteroatoms. The number of aliphatic hydroxyl groups is 1. The lowest BCUT2D eigenvalue weighted by molar-refractivity contribution is 0.0764. The van der Waals surface area contributed by atoms with Crippen molar-refractivity contribution in [3.05, 3.63) is 29.8 Å². The van der Waals surface area contributed by atoms with Crippen molar-refractivity contribution in [2.75, 3.05) is 6.61 Å². The second-order valence-corrected chi connectivity index (χ2v) is 4.32. The lowest BCUT2D eigenvalue weighted by Crippen LogP contribution is -2.29. The van der Waals surface area contributed by atoms with Crippen LogP contribution < -0.4 is 4.74 Å². The number of hydrogen-bond donors (Lipinski definition) is 1. The molecule has 1 aromatic carbocycles. The SMILES string of the molecule is CC(C)(CCO)Oc1cccc(CC#N)c1. The fourth-order valence-corrected chi connectivity index (χ4v) is 1.45. The van der Waals surface area contributed by atoms with E-state index in [1.54, 1.807) is 0 Å². The summed E-state index contributed by atoms with van der Waals surface area (Å²) in [4.78, 5) is 0. The van der Waals surface area contributed by atoms with Crippen molar-refractivity contribution in [3.8, 4) is 11.8 Å². The minimum absolute atomic E-state index is 0.102. The number of benzene rings is 1. The summed E-state index contributed by atoms with van der Waals surface area (Å²) in [7, 11) is 0. The summed E-state index contributed by atoms with van der Waals surface area (Å²) in [5, 5.41) is 17.5. The molecule has 3 nitrogen and oxygen atoms in total. The highest BCUT2D eigenvalue weighted by atomic mass is 16.5. The van der Waals surface area contributed by atoms with E-state index in [1.807, 2.05) is 38.1 Å². The van der Waals surface area contributed by atoms with Gasteiger partial charge in [-0.1, -0.05) is 12.1 Å². The molecule has 0 atom stereocenters. The summed E-state index contributed by atoms with van der Waals surface area (Å²) in [5.74, 6) is 0.742. The largest absolute Gasteiger partial charge is 0.488 e. The van der Waals surface area contributed by atoms with Crippen molar-refractivity contribution in [2.45, 2.75) is 32.3 Å². The van der Waals surface area contributed by atoms with E-state index in [1.165, 1.54) is 0 Å². The zero-order valence-corrected chi connectivity index (χ0v) is 9.73. The summed E-state index contributed by atoms with van der Waals surface area (Å²) in [6.07, 6.45) is 0.965. The van der Waals surface area contributed by atoms with E-state index < -0.39 is 0 Å². The van der Waals surface area contributed by atoms with Crippen molar-refractivity contribution >= 4 is 0 Å². The first-order valence-corrected chi connectivity index (χ1v) is 5.33. The minimum Gasteiger partial charge on any atom is -0.488 e. The molecular formula is C13H17NO2. The summed E-state index contributed by atoms with van der Waals surface area (Å²) in [6.45, 7) is 3.96. The van der Waals surface area contributed by atoms with Gasteiger partial charge >= 0.3 is 0 Å². The summed E-state index contributed by atoms with van der Waals surface area (Å²) in [5.41, 5.74) is 0.555. The molecule has 0 saturated heterocycles. The van der Waals surface area contributed by atoms with Gasteiger partial charge in [0.25, 0.3) is 0 Å². The van der Waals surface area contributed by atoms with Crippen molar-refractivity contribution in [1.82, 2.24) is 0 Å². The molecule has 0 aliphatic carbocycles. The third-order valence-corrected chi connectivity index (χ3v) is 2.29. The molecule has 0 spiro atoms. The van der Waals surface area contributed by atoms with Gasteiger partial charge in [0.05, 0.1) is 12.5 Å². The Labute approximate surface area is 96.3 Å². The molecular weight excluding hydrogens is 202 g/mol. The standard InChI is InChI=1S/C13H17NO2/c1-13(2,7-9-15)16-12-5-3-4-11(10-12)6-8-14/h3-5,10,15H,6-7,9H2,1-2H3. The Hall–Kier alpha value is -1.53. The summed E-state index contributed by atoms with van der Waals surface area (Å²) >= 11 is 0. The van der Waals surface area contributed by atoms with Crippen LogP contribution in [0.4, 0.5) is 0 Å². The summed E-state index contributed by atoms with van der Waals surface area (Å²) in [6, 6.07) is 9.60. The van der Waals surface area contributed by atoms with Gasteiger partial charge in [-0.2, -0.15) is 5.26 Å². The van der Waals surface area contributed by atoms with E-state index in [9.17, 15) is 0 Å². The van der Waals surface area contributed by atoms with Crippen LogP contribution in [-0.4, -0.2) is 17.3 Å². The lowest BCUT2D eigenvalue weighted by Gasteiger charge is -2.25. The first-order chi connectivity index (χ1) is 7.57. The highest BCUT2D eigenvalue weighted by Crippen LogP contribution is 2.21. The maximum absolute atomic E-state index is 8.90. The Morgan fingerprint density at radius 2 is 2.19 bits per heavy atom. The van der Waals surface area contributed by atoms with Crippen LogP contribution in [0.25, 0.3) is 0 Å². The number of rotatable bonds is 5. The fourth-order valence-electron chi connectivity index (χ4n) is 1.45. The number of nitrogens with zero attached hydrogens (tertiary/aromatic N) is 1. The number of ether oxygens (including phenoxy) is 1. The number of hydrogen-bond acceptors (Lipinski definition) is 3. The monoisotopic (exact) mass is 219 g/mol. The van der Waals surface area contributed by atoms with E-state index in [0.29, 0.717) is 12.8 Å². The van der Waals surface area contributed by atoms with Crippen molar-refractivity contribution in [1.29, 1.82) is 5.26 Å². The van der Waals surface area contributed by atoms with E-state index in [-0.39, 0.29) is 12.2 Å². The molecule has 0 aromatic heterocycles. The van der Waals surface area contributed by atoms with Crippen LogP contribution in [0.3, 0.4) is 0 Å². The van der Waals surface area contributed by atoms with Gasteiger partial charge in [-0.05, 0) is 31.5 Å². The van der Waals surface area contributed by atoms with Gasteiger partial charge in [-0.3, -0.25) is 0 Å². The van der Waals surface area contributed by atoms with Crippen molar-refractivity contribution in [2.24, 2.45) is 0 Å². The quantitative estimate of drug-likeness (QED) is 0.826. The lowest BCUT2D eigenvalue weighted by atomic mass is 10.1. The Morgan fingerprint density at radius 1 is 1.44 bits per heavy atom. The van der Waals surface area contributed by atoms with E-state index >= 15 is 0 Å². The maximum atomic E-state index is 8.90. The zero-order valence-electron chi connectivity index (χ0n) is 9.73. The number of aliphatic hydroxyl groups excluding tert-OH is 1. The van der Waals surface area contributed by atoms with Crippen molar-refractivity contribution in [3.63, 3.8) is 0 Å². The zero-order chi connectivity index (χ0) is 12.0.